The fourth-order valence-electron chi connectivity index (χ4n) is 1.72. The van der Waals surface area contributed by atoms with Gasteiger partial charge in [-0.3, -0.25) is 4.79 Å². The van der Waals surface area contributed by atoms with Crippen LogP contribution in [0.15, 0.2) is 52.7 Å². The van der Waals surface area contributed by atoms with Gasteiger partial charge in [-0.05, 0) is 23.6 Å². The van der Waals surface area contributed by atoms with Crippen molar-refractivity contribution < 1.29 is 14.7 Å². The number of thioether (sulfide) groups is 1. The molecular formula is C15H15NO3S2. The molecule has 0 radical (unpaired) electrons. The lowest BCUT2D eigenvalue weighted by Crippen LogP contribution is -2.33. The molecule has 2 aromatic rings. The molecule has 1 amide bonds. The van der Waals surface area contributed by atoms with E-state index in [1.165, 1.54) is 11.3 Å². The van der Waals surface area contributed by atoms with E-state index in [0.717, 1.165) is 4.90 Å². The van der Waals surface area contributed by atoms with Crippen LogP contribution < -0.4 is 5.32 Å². The van der Waals surface area contributed by atoms with E-state index in [1.54, 1.807) is 29.3 Å². The zero-order valence-electron chi connectivity index (χ0n) is 11.2. The van der Waals surface area contributed by atoms with Crippen molar-refractivity contribution in [1.29, 1.82) is 0 Å². The van der Waals surface area contributed by atoms with Gasteiger partial charge in [-0.1, -0.05) is 24.3 Å². The monoisotopic (exact) mass is 321 g/mol. The number of carboxylic acids is 1. The highest BCUT2D eigenvalue weighted by atomic mass is 32.2. The maximum atomic E-state index is 11.9. The molecule has 1 unspecified atom stereocenters. The average Bonchev–Trinajstić information content (AvgIpc) is 2.99. The second kappa shape index (κ2) is 7.85. The Labute approximate surface area is 131 Å². The zero-order chi connectivity index (χ0) is 15.1. The molecule has 1 atom stereocenters. The lowest BCUT2D eigenvalue weighted by Gasteiger charge is -2.12. The van der Waals surface area contributed by atoms with Crippen LogP contribution in [0.25, 0.3) is 0 Å². The van der Waals surface area contributed by atoms with Gasteiger partial charge in [-0.2, -0.15) is 0 Å². The van der Waals surface area contributed by atoms with Crippen molar-refractivity contribution in [2.45, 2.75) is 17.4 Å². The smallest absolute Gasteiger partial charge is 0.331 e. The first-order valence-electron chi connectivity index (χ1n) is 6.40. The maximum Gasteiger partial charge on any atom is 0.331 e. The number of carboxylic acid groups (broad SMARTS) is 1. The summed E-state index contributed by atoms with van der Waals surface area (Å²) in [6.45, 7) is 0. The third kappa shape index (κ3) is 4.91. The van der Waals surface area contributed by atoms with Crippen LogP contribution >= 0.6 is 23.1 Å². The largest absolute Gasteiger partial charge is 0.479 e. The maximum absolute atomic E-state index is 11.9. The van der Waals surface area contributed by atoms with Crippen molar-refractivity contribution >= 4 is 35.0 Å². The third-order valence-corrected chi connectivity index (χ3v) is 4.67. The van der Waals surface area contributed by atoms with Gasteiger partial charge in [0.15, 0.2) is 6.04 Å². The van der Waals surface area contributed by atoms with Crippen molar-refractivity contribution in [1.82, 2.24) is 5.32 Å². The highest BCUT2D eigenvalue weighted by Crippen LogP contribution is 2.20. The molecule has 2 rings (SSSR count). The molecule has 2 N–H and O–H groups in total. The highest BCUT2D eigenvalue weighted by molar-refractivity contribution is 7.99. The number of carbonyl (C=O) groups is 2. The Morgan fingerprint density at radius 2 is 1.95 bits per heavy atom. The summed E-state index contributed by atoms with van der Waals surface area (Å²) in [5.74, 6) is -0.673. The number of hydrogen-bond acceptors (Lipinski definition) is 4. The number of aliphatic carboxylic acids is 1. The highest BCUT2D eigenvalue weighted by Gasteiger charge is 2.22. The molecule has 1 aromatic heterocycles. The fraction of sp³-hybridized carbons (Fsp3) is 0.200. The number of hydrogen-bond donors (Lipinski definition) is 2. The predicted octanol–water partition coefficient (Wildman–Crippen LogP) is 3.17. The van der Waals surface area contributed by atoms with Gasteiger partial charge in [-0.15, -0.1) is 23.1 Å². The minimum absolute atomic E-state index is 0.251. The molecular weight excluding hydrogens is 306 g/mol. The standard InChI is InChI=1S/C15H15NO3S2/c17-13(8-10-20-11-5-2-1-3-6-11)16-14(15(18)19)12-7-4-9-21-12/h1-7,9,14H,8,10H2,(H,16,17)(H,18,19). The van der Waals surface area contributed by atoms with Gasteiger partial charge in [0.05, 0.1) is 0 Å². The summed E-state index contributed by atoms with van der Waals surface area (Å²) in [5, 5.41) is 13.5. The van der Waals surface area contributed by atoms with Crippen LogP contribution in [0.5, 0.6) is 0 Å². The fourth-order valence-corrected chi connectivity index (χ4v) is 3.36. The van der Waals surface area contributed by atoms with Gasteiger partial charge in [0.2, 0.25) is 5.91 Å². The lowest BCUT2D eigenvalue weighted by molar-refractivity contribution is -0.141. The number of nitrogens with one attached hydrogen (secondary N) is 1. The lowest BCUT2D eigenvalue weighted by atomic mass is 10.2. The van der Waals surface area contributed by atoms with Crippen molar-refractivity contribution in [2.75, 3.05) is 5.75 Å². The molecule has 6 heteroatoms. The van der Waals surface area contributed by atoms with Crippen LogP contribution in [-0.2, 0) is 9.59 Å². The Morgan fingerprint density at radius 3 is 2.57 bits per heavy atom. The van der Waals surface area contributed by atoms with Crippen LogP contribution in [0.2, 0.25) is 0 Å². The average molecular weight is 321 g/mol. The molecule has 0 saturated carbocycles. The number of rotatable bonds is 7. The molecule has 1 aromatic carbocycles. The molecule has 0 aliphatic heterocycles. The SMILES string of the molecule is O=C(CCSc1ccccc1)NC(C(=O)O)c1cccs1. The first-order chi connectivity index (χ1) is 10.2. The predicted molar refractivity (Wildman–Crippen MR) is 84.6 cm³/mol. The molecule has 21 heavy (non-hydrogen) atoms. The minimum Gasteiger partial charge on any atom is -0.479 e. The van der Waals surface area contributed by atoms with Crippen LogP contribution in [0.3, 0.4) is 0 Å². The van der Waals surface area contributed by atoms with E-state index in [4.69, 9.17) is 0 Å². The van der Waals surface area contributed by atoms with Crippen LogP contribution in [-0.4, -0.2) is 22.7 Å². The van der Waals surface area contributed by atoms with Gasteiger partial charge in [-0.25, -0.2) is 4.79 Å². The minimum atomic E-state index is -1.04. The second-order valence-electron chi connectivity index (χ2n) is 4.27. The summed E-state index contributed by atoms with van der Waals surface area (Å²) in [6, 6.07) is 12.3. The Kier molecular flexibility index (Phi) is 5.83. The summed E-state index contributed by atoms with van der Waals surface area (Å²) in [7, 11) is 0. The molecule has 0 saturated heterocycles. The van der Waals surface area contributed by atoms with Gasteiger partial charge < -0.3 is 10.4 Å². The number of benzene rings is 1. The summed E-state index contributed by atoms with van der Waals surface area (Å²) in [5.41, 5.74) is 0. The van der Waals surface area contributed by atoms with Gasteiger partial charge in [0.25, 0.3) is 0 Å². The zero-order valence-corrected chi connectivity index (χ0v) is 12.8. The molecule has 0 aliphatic carbocycles. The summed E-state index contributed by atoms with van der Waals surface area (Å²) in [6.07, 6.45) is 0.286. The summed E-state index contributed by atoms with van der Waals surface area (Å²) >= 11 is 2.90. The van der Waals surface area contributed by atoms with Gasteiger partial charge in [0, 0.05) is 21.9 Å². The molecule has 0 spiro atoms. The van der Waals surface area contributed by atoms with E-state index in [1.807, 2.05) is 30.3 Å². The van der Waals surface area contributed by atoms with Crippen molar-refractivity contribution in [3.63, 3.8) is 0 Å². The van der Waals surface area contributed by atoms with Crippen LogP contribution in [0.4, 0.5) is 0 Å². The summed E-state index contributed by atoms with van der Waals surface area (Å²) < 4.78 is 0. The second-order valence-corrected chi connectivity index (χ2v) is 6.41. The normalized spacial score (nSPS) is 11.8. The van der Waals surface area contributed by atoms with Gasteiger partial charge in [0.1, 0.15) is 0 Å². The van der Waals surface area contributed by atoms with Gasteiger partial charge >= 0.3 is 5.97 Å². The van der Waals surface area contributed by atoms with E-state index in [9.17, 15) is 14.7 Å². The number of amides is 1. The van der Waals surface area contributed by atoms with Crippen LogP contribution in [0, 0.1) is 0 Å². The van der Waals surface area contributed by atoms with Crippen molar-refractivity contribution in [3.8, 4) is 0 Å². The quantitative estimate of drug-likeness (QED) is 0.769. The topological polar surface area (TPSA) is 66.4 Å². The van der Waals surface area contributed by atoms with E-state index in [2.05, 4.69) is 5.32 Å². The van der Waals surface area contributed by atoms with Crippen molar-refractivity contribution in [3.05, 3.63) is 52.7 Å². The number of thiophene rings is 1. The molecule has 0 aliphatic rings. The first-order valence-corrected chi connectivity index (χ1v) is 8.27. The summed E-state index contributed by atoms with van der Waals surface area (Å²) in [4.78, 5) is 24.8. The van der Waals surface area contributed by atoms with E-state index >= 15 is 0 Å². The van der Waals surface area contributed by atoms with E-state index < -0.39 is 12.0 Å². The Morgan fingerprint density at radius 1 is 1.19 bits per heavy atom. The Hall–Kier alpha value is -1.79. The Balaban J connectivity index is 1.82. The molecule has 4 nitrogen and oxygen atoms in total. The number of carbonyl (C=O) groups excluding carboxylic acids is 1. The third-order valence-electron chi connectivity index (χ3n) is 2.72. The Bertz CT molecular complexity index is 584. The van der Waals surface area contributed by atoms with E-state index in [0.29, 0.717) is 10.6 Å². The van der Waals surface area contributed by atoms with Crippen LogP contribution in [0.1, 0.15) is 17.3 Å². The molecule has 0 bridgehead atoms. The molecule has 1 heterocycles. The molecule has 0 fully saturated rings. The molecule has 110 valence electrons. The van der Waals surface area contributed by atoms with E-state index in [-0.39, 0.29) is 12.3 Å². The first kappa shape index (κ1) is 15.6. The van der Waals surface area contributed by atoms with Crippen molar-refractivity contribution in [2.24, 2.45) is 0 Å².